The van der Waals surface area contributed by atoms with E-state index in [2.05, 4.69) is 0 Å². The molecule has 2 atom stereocenters. The molecule has 1 heterocycles. The molecule has 1 aromatic carbocycles. The van der Waals surface area contributed by atoms with Gasteiger partial charge in [-0.25, -0.2) is 0 Å². The molecular formula is C15H22N2O2. The molecule has 1 amide bonds. The second-order valence-electron chi connectivity index (χ2n) is 5.26. The summed E-state index contributed by atoms with van der Waals surface area (Å²) >= 11 is 0. The highest BCUT2D eigenvalue weighted by atomic mass is 16.5. The van der Waals surface area contributed by atoms with E-state index in [1.807, 2.05) is 62.0 Å². The molecule has 4 nitrogen and oxygen atoms in total. The molecule has 1 aliphatic rings. The van der Waals surface area contributed by atoms with Gasteiger partial charge < -0.3 is 14.5 Å². The number of benzene rings is 1. The Kier molecular flexibility index (Phi) is 4.10. The van der Waals surface area contributed by atoms with Gasteiger partial charge in [0.2, 0.25) is 0 Å². The first-order valence-electron chi connectivity index (χ1n) is 6.70. The number of morpholine rings is 1. The van der Waals surface area contributed by atoms with Crippen molar-refractivity contribution in [2.75, 3.05) is 32.1 Å². The van der Waals surface area contributed by atoms with E-state index in [1.54, 1.807) is 0 Å². The molecule has 0 saturated carbocycles. The summed E-state index contributed by atoms with van der Waals surface area (Å²) < 4.78 is 5.56. The van der Waals surface area contributed by atoms with Gasteiger partial charge in [-0.3, -0.25) is 4.79 Å². The van der Waals surface area contributed by atoms with Crippen LogP contribution in [-0.4, -0.2) is 50.2 Å². The highest BCUT2D eigenvalue weighted by Crippen LogP contribution is 2.18. The van der Waals surface area contributed by atoms with Crippen molar-refractivity contribution in [1.29, 1.82) is 0 Å². The largest absolute Gasteiger partial charge is 0.378 e. The zero-order valence-corrected chi connectivity index (χ0v) is 12.1. The van der Waals surface area contributed by atoms with Crippen LogP contribution in [0, 0.1) is 0 Å². The Bertz CT molecular complexity index is 442. The minimum atomic E-state index is 0.0907. The van der Waals surface area contributed by atoms with Crippen LogP contribution < -0.4 is 4.90 Å². The third-order valence-corrected chi connectivity index (χ3v) is 3.78. The number of nitrogens with zero attached hydrogens (tertiary/aromatic N) is 2. The van der Waals surface area contributed by atoms with Gasteiger partial charge in [0.05, 0.1) is 18.8 Å². The summed E-state index contributed by atoms with van der Waals surface area (Å²) in [6.07, 6.45) is 0.0961. The van der Waals surface area contributed by atoms with Crippen molar-refractivity contribution >= 4 is 11.6 Å². The van der Waals surface area contributed by atoms with Gasteiger partial charge in [0.15, 0.2) is 0 Å². The van der Waals surface area contributed by atoms with E-state index in [1.165, 1.54) is 0 Å². The molecular weight excluding hydrogens is 240 g/mol. The van der Waals surface area contributed by atoms with Crippen LogP contribution in [0.2, 0.25) is 0 Å². The first-order chi connectivity index (χ1) is 9.00. The van der Waals surface area contributed by atoms with Gasteiger partial charge in [-0.15, -0.1) is 0 Å². The topological polar surface area (TPSA) is 32.8 Å². The Balaban J connectivity index is 2.14. The minimum absolute atomic E-state index is 0.0907. The molecule has 4 heteroatoms. The van der Waals surface area contributed by atoms with Crippen LogP contribution in [0.15, 0.2) is 24.3 Å². The van der Waals surface area contributed by atoms with Crippen LogP contribution in [0.4, 0.5) is 5.69 Å². The Morgan fingerprint density at radius 2 is 1.89 bits per heavy atom. The highest BCUT2D eigenvalue weighted by molar-refractivity contribution is 5.94. The van der Waals surface area contributed by atoms with Gasteiger partial charge in [-0.05, 0) is 38.1 Å². The number of rotatable bonds is 2. The quantitative estimate of drug-likeness (QED) is 0.817. The van der Waals surface area contributed by atoms with Gasteiger partial charge in [-0.1, -0.05) is 0 Å². The standard InChI is InChI=1S/C15H22N2O2/c1-11-12(2)19-10-9-17(11)15(18)13-5-7-14(8-6-13)16(3)4/h5-8,11-12H,9-10H2,1-4H3. The predicted octanol–water partition coefficient (Wildman–Crippen LogP) is 2.00. The molecule has 104 valence electrons. The molecule has 1 saturated heterocycles. The molecule has 0 bridgehead atoms. The number of hydrogen-bond donors (Lipinski definition) is 0. The third-order valence-electron chi connectivity index (χ3n) is 3.78. The van der Waals surface area contributed by atoms with Crippen molar-refractivity contribution in [3.8, 4) is 0 Å². The monoisotopic (exact) mass is 262 g/mol. The van der Waals surface area contributed by atoms with E-state index in [9.17, 15) is 4.79 Å². The molecule has 0 N–H and O–H groups in total. The first-order valence-corrected chi connectivity index (χ1v) is 6.70. The maximum absolute atomic E-state index is 12.5. The van der Waals surface area contributed by atoms with E-state index in [0.717, 1.165) is 11.3 Å². The summed E-state index contributed by atoms with van der Waals surface area (Å²) in [6.45, 7) is 5.34. The van der Waals surface area contributed by atoms with Crippen molar-refractivity contribution in [1.82, 2.24) is 4.90 Å². The zero-order valence-electron chi connectivity index (χ0n) is 12.1. The maximum Gasteiger partial charge on any atom is 0.254 e. The Morgan fingerprint density at radius 1 is 1.26 bits per heavy atom. The van der Waals surface area contributed by atoms with Crippen molar-refractivity contribution in [2.45, 2.75) is 26.0 Å². The second kappa shape index (κ2) is 5.61. The lowest BCUT2D eigenvalue weighted by molar-refractivity contribution is -0.0440. The minimum Gasteiger partial charge on any atom is -0.378 e. The summed E-state index contributed by atoms with van der Waals surface area (Å²) in [6, 6.07) is 7.85. The fraction of sp³-hybridized carbons (Fsp3) is 0.533. The molecule has 0 aromatic heterocycles. The van der Waals surface area contributed by atoms with Crippen molar-refractivity contribution in [3.63, 3.8) is 0 Å². The number of carbonyl (C=O) groups excluding carboxylic acids is 1. The normalized spacial score (nSPS) is 23.3. The lowest BCUT2D eigenvalue weighted by atomic mass is 10.1. The lowest BCUT2D eigenvalue weighted by Crippen LogP contribution is -2.51. The first kappa shape index (κ1) is 13.9. The van der Waals surface area contributed by atoms with E-state index < -0.39 is 0 Å². The lowest BCUT2D eigenvalue weighted by Gasteiger charge is -2.37. The zero-order chi connectivity index (χ0) is 14.0. The van der Waals surface area contributed by atoms with Gasteiger partial charge in [0.1, 0.15) is 0 Å². The van der Waals surface area contributed by atoms with Crippen LogP contribution >= 0.6 is 0 Å². The number of hydrogen-bond acceptors (Lipinski definition) is 3. The number of carbonyl (C=O) groups is 1. The summed E-state index contributed by atoms with van der Waals surface area (Å²) in [5, 5.41) is 0. The Morgan fingerprint density at radius 3 is 2.47 bits per heavy atom. The van der Waals surface area contributed by atoms with Gasteiger partial charge >= 0.3 is 0 Å². The molecule has 0 radical (unpaired) electrons. The van der Waals surface area contributed by atoms with Crippen molar-refractivity contribution < 1.29 is 9.53 Å². The maximum atomic E-state index is 12.5. The average Bonchev–Trinajstić information content (AvgIpc) is 2.41. The molecule has 19 heavy (non-hydrogen) atoms. The number of amides is 1. The number of anilines is 1. The Labute approximate surface area is 115 Å². The van der Waals surface area contributed by atoms with Gasteiger partial charge in [-0.2, -0.15) is 0 Å². The van der Waals surface area contributed by atoms with E-state index in [0.29, 0.717) is 13.2 Å². The fourth-order valence-corrected chi connectivity index (χ4v) is 2.29. The number of ether oxygens (including phenoxy) is 1. The van der Waals surface area contributed by atoms with Gasteiger partial charge in [0.25, 0.3) is 5.91 Å². The second-order valence-corrected chi connectivity index (χ2v) is 5.26. The fourth-order valence-electron chi connectivity index (χ4n) is 2.29. The molecule has 0 aliphatic carbocycles. The van der Waals surface area contributed by atoms with Crippen molar-refractivity contribution in [2.24, 2.45) is 0 Å². The summed E-state index contributed by atoms with van der Waals surface area (Å²) in [5.41, 5.74) is 1.84. The van der Waals surface area contributed by atoms with E-state index in [4.69, 9.17) is 4.74 Å². The molecule has 1 aromatic rings. The molecule has 2 unspecified atom stereocenters. The molecule has 2 rings (SSSR count). The third kappa shape index (κ3) is 2.89. The Hall–Kier alpha value is -1.55. The summed E-state index contributed by atoms with van der Waals surface area (Å²) in [7, 11) is 3.98. The average molecular weight is 262 g/mol. The smallest absolute Gasteiger partial charge is 0.254 e. The molecule has 0 spiro atoms. The van der Waals surface area contributed by atoms with Crippen LogP contribution in [0.5, 0.6) is 0 Å². The summed E-state index contributed by atoms with van der Waals surface area (Å²) in [4.78, 5) is 16.4. The van der Waals surface area contributed by atoms with Crippen LogP contribution in [0.25, 0.3) is 0 Å². The molecule has 1 fully saturated rings. The van der Waals surface area contributed by atoms with Crippen LogP contribution in [0.1, 0.15) is 24.2 Å². The van der Waals surface area contributed by atoms with Gasteiger partial charge in [0, 0.05) is 31.9 Å². The highest BCUT2D eigenvalue weighted by Gasteiger charge is 2.29. The van der Waals surface area contributed by atoms with Crippen LogP contribution in [-0.2, 0) is 4.74 Å². The van der Waals surface area contributed by atoms with Crippen molar-refractivity contribution in [3.05, 3.63) is 29.8 Å². The van der Waals surface area contributed by atoms with E-state index >= 15 is 0 Å². The van der Waals surface area contributed by atoms with E-state index in [-0.39, 0.29) is 18.1 Å². The SMILES string of the molecule is CC1OCCN(C(=O)c2ccc(N(C)C)cc2)C1C. The van der Waals surface area contributed by atoms with Crippen LogP contribution in [0.3, 0.4) is 0 Å². The predicted molar refractivity (Wildman–Crippen MR) is 76.7 cm³/mol. The summed E-state index contributed by atoms with van der Waals surface area (Å²) in [5.74, 6) is 0.0907. The molecule has 1 aliphatic heterocycles.